The van der Waals surface area contributed by atoms with Crippen LogP contribution in [-0.2, 0) is 14.0 Å². The van der Waals surface area contributed by atoms with Gasteiger partial charge in [-0.15, -0.1) is 0 Å². The number of hydrogen-bond acceptors (Lipinski definition) is 4. The minimum absolute atomic E-state index is 0.0340. The fourth-order valence-electron chi connectivity index (χ4n) is 4.78. The third-order valence-electron chi connectivity index (χ3n) is 7.12. The van der Waals surface area contributed by atoms with Crippen LogP contribution in [0.5, 0.6) is 0 Å². The Morgan fingerprint density at radius 2 is 1.96 bits per heavy atom. The summed E-state index contributed by atoms with van der Waals surface area (Å²) < 4.78 is 6.53. The molecular formula is C20H33NO4SSi. The molecule has 0 aromatic rings. The van der Waals surface area contributed by atoms with Crippen LogP contribution < -0.4 is 0 Å². The van der Waals surface area contributed by atoms with Crippen molar-refractivity contribution in [3.8, 4) is 0 Å². The fraction of sp³-hybridized carbons (Fsp3) is 0.800. The third kappa shape index (κ3) is 3.19. The van der Waals surface area contributed by atoms with Gasteiger partial charge in [-0.25, -0.2) is 4.79 Å². The molecule has 2 fully saturated rings. The predicted molar refractivity (Wildman–Crippen MR) is 111 cm³/mol. The Bertz CT molecular complexity index is 684. The van der Waals surface area contributed by atoms with Gasteiger partial charge in [0.1, 0.15) is 5.70 Å². The summed E-state index contributed by atoms with van der Waals surface area (Å²) in [6.07, 6.45) is 4.93. The van der Waals surface area contributed by atoms with E-state index in [-0.39, 0.29) is 45.9 Å². The number of fused-ring (bicyclic) bond motifs is 3. The van der Waals surface area contributed by atoms with Gasteiger partial charge >= 0.3 is 5.97 Å². The maximum absolute atomic E-state index is 13.0. The van der Waals surface area contributed by atoms with Crippen LogP contribution in [0.2, 0.25) is 18.1 Å². The lowest BCUT2D eigenvalue weighted by Gasteiger charge is -2.50. The molecule has 27 heavy (non-hydrogen) atoms. The Kier molecular flexibility index (Phi) is 5.36. The molecule has 5 nitrogen and oxygen atoms in total. The molecule has 152 valence electrons. The number of carboxylic acids is 1. The van der Waals surface area contributed by atoms with Crippen LogP contribution in [0.15, 0.2) is 11.3 Å². The summed E-state index contributed by atoms with van der Waals surface area (Å²) in [4.78, 5) is 26.6. The molecule has 0 spiro atoms. The molecule has 0 bridgehead atoms. The molecule has 1 N–H and O–H groups in total. The molecule has 1 saturated heterocycles. The fourth-order valence-corrected chi connectivity index (χ4v) is 7.15. The molecule has 3 aliphatic rings. The van der Waals surface area contributed by atoms with Gasteiger partial charge in [-0.2, -0.15) is 11.8 Å². The van der Waals surface area contributed by atoms with Crippen LogP contribution in [0.3, 0.4) is 0 Å². The number of nitrogens with zero attached hydrogens (tertiary/aromatic N) is 1. The number of β-lactam (4-membered cyclic amide) rings is 1. The maximum atomic E-state index is 13.0. The second kappa shape index (κ2) is 6.92. The molecule has 7 heteroatoms. The van der Waals surface area contributed by atoms with E-state index in [1.54, 1.807) is 16.7 Å². The number of hydrogen-bond donors (Lipinski definition) is 1. The van der Waals surface area contributed by atoms with Crippen LogP contribution >= 0.6 is 11.8 Å². The van der Waals surface area contributed by atoms with E-state index in [4.69, 9.17) is 4.43 Å². The monoisotopic (exact) mass is 411 g/mol. The van der Waals surface area contributed by atoms with Crippen LogP contribution in [0.4, 0.5) is 0 Å². The molecular weight excluding hydrogens is 378 g/mol. The van der Waals surface area contributed by atoms with Gasteiger partial charge in [0.15, 0.2) is 8.32 Å². The van der Waals surface area contributed by atoms with Crippen molar-refractivity contribution < 1.29 is 19.1 Å². The first-order valence-corrected chi connectivity index (χ1v) is 14.1. The quantitative estimate of drug-likeness (QED) is 0.545. The number of carbonyl (C=O) groups is 2. The molecule has 1 aliphatic carbocycles. The molecule has 1 amide bonds. The van der Waals surface area contributed by atoms with Crippen LogP contribution in [-0.4, -0.2) is 53.9 Å². The minimum atomic E-state index is -1.99. The topological polar surface area (TPSA) is 66.8 Å². The summed E-state index contributed by atoms with van der Waals surface area (Å²) in [5.41, 5.74) is 1.27. The van der Waals surface area contributed by atoms with Gasteiger partial charge in [0, 0.05) is 11.2 Å². The van der Waals surface area contributed by atoms with Crippen molar-refractivity contribution in [3.05, 3.63) is 11.3 Å². The van der Waals surface area contributed by atoms with Crippen molar-refractivity contribution in [2.24, 2.45) is 11.8 Å². The Balaban J connectivity index is 1.89. The average Bonchev–Trinajstić information content (AvgIpc) is 2.84. The van der Waals surface area contributed by atoms with E-state index in [0.717, 1.165) is 24.8 Å². The lowest BCUT2D eigenvalue weighted by atomic mass is 9.72. The third-order valence-corrected chi connectivity index (χ3v) is 12.8. The zero-order valence-electron chi connectivity index (χ0n) is 17.5. The normalized spacial score (nSPS) is 32.1. The molecule has 1 saturated carbocycles. The molecule has 1 unspecified atom stereocenters. The number of thioether (sulfide) groups is 1. The summed E-state index contributed by atoms with van der Waals surface area (Å²) in [6.45, 7) is 13.0. The van der Waals surface area contributed by atoms with E-state index in [9.17, 15) is 14.7 Å². The highest BCUT2D eigenvalue weighted by molar-refractivity contribution is 7.99. The molecule has 3 rings (SSSR count). The van der Waals surface area contributed by atoms with Gasteiger partial charge in [-0.3, -0.25) is 4.79 Å². The van der Waals surface area contributed by atoms with Crippen molar-refractivity contribution in [2.75, 3.05) is 6.26 Å². The summed E-state index contributed by atoms with van der Waals surface area (Å²) in [6, 6.07) is -0.0340. The molecule has 5 atom stereocenters. The number of carbonyl (C=O) groups excluding carboxylic acids is 1. The standard InChI is InChI=1S/C20H33NO4SSi/c1-11(25-27(6,7)20(2,3)4)14-16-12-9-8-10-13(26-5)15(12)17(19(23)24)21(16)18(14)22/h11-14,16H,8-10H2,1-7H3,(H,23,24)/t11?,12-,13+,14-,16-/m1/s1. The van der Waals surface area contributed by atoms with Crippen molar-refractivity contribution in [2.45, 2.75) is 82.5 Å². The molecule has 0 radical (unpaired) electrons. The Morgan fingerprint density at radius 3 is 2.48 bits per heavy atom. The minimum Gasteiger partial charge on any atom is -0.477 e. The van der Waals surface area contributed by atoms with E-state index in [2.05, 4.69) is 33.9 Å². The molecule has 0 aromatic heterocycles. The lowest BCUT2D eigenvalue weighted by molar-refractivity contribution is -0.163. The van der Waals surface area contributed by atoms with Crippen molar-refractivity contribution >= 4 is 32.0 Å². The largest absolute Gasteiger partial charge is 0.477 e. The summed E-state index contributed by atoms with van der Waals surface area (Å²) in [7, 11) is -1.99. The van der Waals surface area contributed by atoms with Gasteiger partial charge in [0.05, 0.1) is 18.1 Å². The van der Waals surface area contributed by atoms with E-state index >= 15 is 0 Å². The zero-order chi connectivity index (χ0) is 20.3. The van der Waals surface area contributed by atoms with Gasteiger partial charge in [0.2, 0.25) is 5.91 Å². The maximum Gasteiger partial charge on any atom is 0.352 e. The second-order valence-corrected chi connectivity index (χ2v) is 15.5. The number of amides is 1. The van der Waals surface area contributed by atoms with Crippen molar-refractivity contribution in [3.63, 3.8) is 0 Å². The van der Waals surface area contributed by atoms with Crippen LogP contribution in [0.25, 0.3) is 0 Å². The second-order valence-electron chi connectivity index (χ2n) is 9.68. The Morgan fingerprint density at radius 1 is 1.33 bits per heavy atom. The van der Waals surface area contributed by atoms with Gasteiger partial charge < -0.3 is 14.4 Å². The lowest BCUT2D eigenvalue weighted by Crippen LogP contribution is -2.65. The van der Waals surface area contributed by atoms with Crippen molar-refractivity contribution in [1.29, 1.82) is 0 Å². The zero-order valence-corrected chi connectivity index (χ0v) is 19.4. The van der Waals surface area contributed by atoms with Crippen LogP contribution in [0.1, 0.15) is 47.0 Å². The average molecular weight is 412 g/mol. The number of aliphatic carboxylic acids is 1. The SMILES string of the molecule is CS[C@H]1CCC[C@@H]2C1=C(C(=O)O)N1C(=O)[C@H](C(C)O[Si](C)(C)C(C)(C)C)[C@@H]21. The highest BCUT2D eigenvalue weighted by Gasteiger charge is 2.63. The summed E-state index contributed by atoms with van der Waals surface area (Å²) >= 11 is 1.72. The van der Waals surface area contributed by atoms with Gasteiger partial charge in [-0.05, 0) is 49.7 Å². The highest BCUT2D eigenvalue weighted by atomic mass is 32.2. The first-order chi connectivity index (χ1) is 12.4. The van der Waals surface area contributed by atoms with Gasteiger partial charge in [-0.1, -0.05) is 27.2 Å². The van der Waals surface area contributed by atoms with Crippen LogP contribution in [0, 0.1) is 11.8 Å². The summed E-state index contributed by atoms with van der Waals surface area (Å²) in [5.74, 6) is -1.07. The predicted octanol–water partition coefficient (Wildman–Crippen LogP) is 4.11. The molecule has 2 heterocycles. The van der Waals surface area contributed by atoms with Crippen molar-refractivity contribution in [1.82, 2.24) is 4.90 Å². The Hall–Kier alpha value is -0.793. The first kappa shape index (κ1) is 20.9. The smallest absolute Gasteiger partial charge is 0.352 e. The number of rotatable bonds is 5. The highest BCUT2D eigenvalue weighted by Crippen LogP contribution is 2.54. The molecule has 0 aromatic carbocycles. The van der Waals surface area contributed by atoms with E-state index in [1.165, 1.54) is 0 Å². The van der Waals surface area contributed by atoms with E-state index in [1.807, 2.05) is 13.2 Å². The Labute approximate surface area is 168 Å². The van der Waals surface area contributed by atoms with Gasteiger partial charge in [0.25, 0.3) is 0 Å². The van der Waals surface area contributed by atoms with E-state index in [0.29, 0.717) is 0 Å². The first-order valence-electron chi connectivity index (χ1n) is 9.93. The number of carboxylic acid groups (broad SMARTS) is 1. The van der Waals surface area contributed by atoms with E-state index < -0.39 is 14.3 Å². The summed E-state index contributed by atoms with van der Waals surface area (Å²) in [5, 5.41) is 10.1. The molecule has 2 aliphatic heterocycles.